The summed E-state index contributed by atoms with van der Waals surface area (Å²) in [5.41, 5.74) is 6.57. The molecule has 2 rings (SSSR count). The van der Waals surface area contributed by atoms with Crippen molar-refractivity contribution in [1.29, 1.82) is 0 Å². The highest BCUT2D eigenvalue weighted by molar-refractivity contribution is 7.91. The van der Waals surface area contributed by atoms with E-state index in [4.69, 9.17) is 5.73 Å². The van der Waals surface area contributed by atoms with E-state index in [9.17, 15) is 13.2 Å². The first-order chi connectivity index (χ1) is 9.00. The molecule has 7 heteroatoms. The van der Waals surface area contributed by atoms with Gasteiger partial charge in [-0.2, -0.15) is 0 Å². The molecule has 0 spiro atoms. The maximum Gasteiger partial charge on any atom is 0.270 e. The molecule has 1 aromatic heterocycles. The maximum absolute atomic E-state index is 11.9. The van der Waals surface area contributed by atoms with Gasteiger partial charge in [0.2, 0.25) is 0 Å². The van der Waals surface area contributed by atoms with Crippen molar-refractivity contribution in [3.8, 4) is 0 Å². The minimum absolute atomic E-state index is 0.0135. The third-order valence-electron chi connectivity index (χ3n) is 3.09. The fourth-order valence-electron chi connectivity index (χ4n) is 2.08. The Bertz CT molecular complexity index is 554. The highest BCUT2D eigenvalue weighted by Crippen LogP contribution is 2.12. The van der Waals surface area contributed by atoms with Crippen LogP contribution in [0.3, 0.4) is 0 Å². The molecule has 1 fully saturated rings. The van der Waals surface area contributed by atoms with Gasteiger partial charge in [0.05, 0.1) is 11.5 Å². The second kappa shape index (κ2) is 5.66. The van der Waals surface area contributed by atoms with Crippen LogP contribution in [0, 0.1) is 0 Å². The number of hydrogen-bond donors (Lipinski definition) is 2. The summed E-state index contributed by atoms with van der Waals surface area (Å²) < 4.78 is 23.0. The molecule has 2 heterocycles. The molecule has 1 amide bonds. The highest BCUT2D eigenvalue weighted by atomic mass is 32.2. The zero-order valence-corrected chi connectivity index (χ0v) is 11.3. The van der Waals surface area contributed by atoms with Gasteiger partial charge in [-0.05, 0) is 24.5 Å². The van der Waals surface area contributed by atoms with E-state index < -0.39 is 9.84 Å². The third-order valence-corrected chi connectivity index (χ3v) is 4.91. The van der Waals surface area contributed by atoms with Crippen LogP contribution in [-0.4, -0.2) is 36.9 Å². The Balaban J connectivity index is 2.00. The normalized spacial score (nSPS) is 21.8. The summed E-state index contributed by atoms with van der Waals surface area (Å²) in [5.74, 6) is -0.117. The van der Waals surface area contributed by atoms with Gasteiger partial charge in [-0.1, -0.05) is 6.07 Å². The predicted octanol–water partition coefficient (Wildman–Crippen LogP) is -0.153. The van der Waals surface area contributed by atoms with E-state index in [-0.39, 0.29) is 29.1 Å². The van der Waals surface area contributed by atoms with Crippen molar-refractivity contribution in [3.63, 3.8) is 0 Å². The average Bonchev–Trinajstić information content (AvgIpc) is 2.37. The van der Waals surface area contributed by atoms with Gasteiger partial charge >= 0.3 is 0 Å². The van der Waals surface area contributed by atoms with Crippen molar-refractivity contribution < 1.29 is 13.2 Å². The number of nitrogens with one attached hydrogen (secondary N) is 1. The summed E-state index contributed by atoms with van der Waals surface area (Å²) >= 11 is 0. The van der Waals surface area contributed by atoms with Crippen LogP contribution in [0.25, 0.3) is 0 Å². The van der Waals surface area contributed by atoms with Gasteiger partial charge < -0.3 is 11.1 Å². The lowest BCUT2D eigenvalue weighted by Crippen LogP contribution is -2.43. The molecular weight excluding hydrogens is 266 g/mol. The number of carbonyl (C=O) groups is 1. The Morgan fingerprint density at radius 1 is 1.47 bits per heavy atom. The topological polar surface area (TPSA) is 102 Å². The van der Waals surface area contributed by atoms with Crippen molar-refractivity contribution >= 4 is 15.7 Å². The van der Waals surface area contributed by atoms with E-state index in [2.05, 4.69) is 10.3 Å². The molecule has 1 aromatic rings. The predicted molar refractivity (Wildman–Crippen MR) is 71.3 cm³/mol. The maximum atomic E-state index is 11.9. The highest BCUT2D eigenvalue weighted by Gasteiger charge is 2.26. The second-order valence-electron chi connectivity index (χ2n) is 4.68. The van der Waals surface area contributed by atoms with Crippen molar-refractivity contribution in [2.24, 2.45) is 5.73 Å². The minimum Gasteiger partial charge on any atom is -0.347 e. The Hall–Kier alpha value is -1.47. The van der Waals surface area contributed by atoms with Gasteiger partial charge in [0.1, 0.15) is 5.69 Å². The largest absolute Gasteiger partial charge is 0.347 e. The molecule has 0 aliphatic carbocycles. The van der Waals surface area contributed by atoms with Crippen molar-refractivity contribution in [2.45, 2.75) is 25.4 Å². The van der Waals surface area contributed by atoms with Crippen molar-refractivity contribution in [3.05, 3.63) is 29.6 Å². The van der Waals surface area contributed by atoms with E-state index in [1.165, 1.54) is 0 Å². The van der Waals surface area contributed by atoms with E-state index in [1.54, 1.807) is 18.3 Å². The number of rotatable bonds is 3. The third kappa shape index (κ3) is 3.74. The molecule has 104 valence electrons. The van der Waals surface area contributed by atoms with Gasteiger partial charge in [-0.3, -0.25) is 9.78 Å². The number of pyridine rings is 1. The standard InChI is InChI=1S/C12H17N3O3S/c13-6-9-3-4-11(14-7-9)12(16)15-10-2-1-5-19(17,18)8-10/h3-4,7,10H,1-2,5-6,8,13H2,(H,15,16). The molecule has 0 aromatic carbocycles. The Kier molecular flexibility index (Phi) is 4.16. The quantitative estimate of drug-likeness (QED) is 0.803. The van der Waals surface area contributed by atoms with Gasteiger partial charge in [0.25, 0.3) is 5.91 Å². The first-order valence-corrected chi connectivity index (χ1v) is 7.98. The average molecular weight is 283 g/mol. The number of hydrogen-bond acceptors (Lipinski definition) is 5. The number of carbonyl (C=O) groups excluding carboxylic acids is 1. The second-order valence-corrected chi connectivity index (χ2v) is 6.91. The Morgan fingerprint density at radius 2 is 2.26 bits per heavy atom. The molecule has 0 bridgehead atoms. The lowest BCUT2D eigenvalue weighted by atomic mass is 10.2. The summed E-state index contributed by atoms with van der Waals surface area (Å²) in [6.07, 6.45) is 2.82. The van der Waals surface area contributed by atoms with Gasteiger partial charge in [-0.15, -0.1) is 0 Å². The molecule has 3 N–H and O–H groups in total. The van der Waals surface area contributed by atoms with E-state index in [1.807, 2.05) is 0 Å². The SMILES string of the molecule is NCc1ccc(C(=O)NC2CCCS(=O)(=O)C2)nc1. The Morgan fingerprint density at radius 3 is 2.84 bits per heavy atom. The zero-order valence-electron chi connectivity index (χ0n) is 10.5. The lowest BCUT2D eigenvalue weighted by Gasteiger charge is -2.22. The molecule has 1 unspecified atom stereocenters. The molecule has 6 nitrogen and oxygen atoms in total. The van der Waals surface area contributed by atoms with Crippen molar-refractivity contribution in [1.82, 2.24) is 10.3 Å². The number of sulfone groups is 1. The molecule has 0 saturated carbocycles. The summed E-state index contributed by atoms with van der Waals surface area (Å²) in [4.78, 5) is 15.9. The number of nitrogens with zero attached hydrogens (tertiary/aromatic N) is 1. The van der Waals surface area contributed by atoms with E-state index in [0.717, 1.165) is 5.56 Å². The number of nitrogens with two attached hydrogens (primary N) is 1. The van der Waals surface area contributed by atoms with Gasteiger partial charge in [0, 0.05) is 18.8 Å². The van der Waals surface area contributed by atoms with Gasteiger partial charge in [-0.25, -0.2) is 8.42 Å². The van der Waals surface area contributed by atoms with Crippen LogP contribution in [0.1, 0.15) is 28.9 Å². The summed E-state index contributed by atoms with van der Waals surface area (Å²) in [6, 6.07) is 3.01. The lowest BCUT2D eigenvalue weighted by molar-refractivity contribution is 0.0933. The van der Waals surface area contributed by atoms with Crippen LogP contribution in [-0.2, 0) is 16.4 Å². The minimum atomic E-state index is -3.02. The molecule has 1 saturated heterocycles. The van der Waals surface area contributed by atoms with Crippen LogP contribution >= 0.6 is 0 Å². The Labute approximate surface area is 112 Å². The van der Waals surface area contributed by atoms with Crippen LogP contribution in [0.5, 0.6) is 0 Å². The van der Waals surface area contributed by atoms with Crippen LogP contribution in [0.4, 0.5) is 0 Å². The van der Waals surface area contributed by atoms with Gasteiger partial charge in [0.15, 0.2) is 9.84 Å². The molecule has 1 aliphatic rings. The first-order valence-electron chi connectivity index (χ1n) is 6.16. The molecule has 0 radical (unpaired) electrons. The van der Waals surface area contributed by atoms with Crippen molar-refractivity contribution in [2.75, 3.05) is 11.5 Å². The molecule has 1 atom stereocenters. The summed E-state index contributed by atoms with van der Waals surface area (Å²) in [5, 5.41) is 2.72. The van der Waals surface area contributed by atoms with Crippen LogP contribution < -0.4 is 11.1 Å². The molecule has 1 aliphatic heterocycles. The fraction of sp³-hybridized carbons (Fsp3) is 0.500. The van der Waals surface area contributed by atoms with Crippen LogP contribution in [0.2, 0.25) is 0 Å². The summed E-state index contributed by atoms with van der Waals surface area (Å²) in [7, 11) is -3.02. The number of amides is 1. The first kappa shape index (κ1) is 14.0. The molecule has 19 heavy (non-hydrogen) atoms. The monoisotopic (exact) mass is 283 g/mol. The smallest absolute Gasteiger partial charge is 0.270 e. The summed E-state index contributed by atoms with van der Waals surface area (Å²) in [6.45, 7) is 0.371. The zero-order chi connectivity index (χ0) is 13.9. The van der Waals surface area contributed by atoms with E-state index >= 15 is 0 Å². The van der Waals surface area contributed by atoms with E-state index in [0.29, 0.717) is 19.4 Å². The molecular formula is C12H17N3O3S. The fourth-order valence-corrected chi connectivity index (χ4v) is 3.71. The van der Waals surface area contributed by atoms with Crippen LogP contribution in [0.15, 0.2) is 18.3 Å². The number of aromatic nitrogens is 1.